The van der Waals surface area contributed by atoms with Gasteiger partial charge in [-0.3, -0.25) is 9.59 Å². The van der Waals surface area contributed by atoms with Crippen molar-refractivity contribution in [2.75, 3.05) is 46.4 Å². The molecule has 1 aromatic carbocycles. The Balaban J connectivity index is 1.80. The van der Waals surface area contributed by atoms with Crippen molar-refractivity contribution < 1.29 is 14.3 Å². The highest BCUT2D eigenvalue weighted by Gasteiger charge is 2.44. The number of ether oxygens (including phenoxy) is 1. The average Bonchev–Trinajstić information content (AvgIpc) is 3.37. The second kappa shape index (κ2) is 12.9. The molecule has 180 valence electrons. The first-order chi connectivity index (χ1) is 16.1. The Hall–Kier alpha value is -2.22. The summed E-state index contributed by atoms with van der Waals surface area (Å²) in [4.78, 5) is 32.2. The standard InChI is InChI=1S/C26H37N3O3S/c1-4-6-15-28(5-2)16-10-14-27-25(30)23-20-11-7-8-12-21(20)26(31)29(17-18-32-3)24(23)22-13-9-19-33-22/h7-9,11-13,19,23-24H,4-6,10,14-18H2,1-3H3,(H,27,30). The van der Waals surface area contributed by atoms with E-state index in [2.05, 4.69) is 24.1 Å². The number of hydrogen-bond acceptors (Lipinski definition) is 5. The first kappa shape index (κ1) is 25.4. The number of benzene rings is 1. The molecule has 2 atom stereocenters. The van der Waals surface area contributed by atoms with E-state index in [9.17, 15) is 9.59 Å². The van der Waals surface area contributed by atoms with Gasteiger partial charge in [0, 0.05) is 30.6 Å². The van der Waals surface area contributed by atoms with Crippen LogP contribution in [0.25, 0.3) is 0 Å². The molecule has 33 heavy (non-hydrogen) atoms. The number of carbonyl (C=O) groups excluding carboxylic acids is 2. The van der Waals surface area contributed by atoms with Crippen LogP contribution in [0.15, 0.2) is 41.8 Å². The lowest BCUT2D eigenvalue weighted by molar-refractivity contribution is -0.124. The Labute approximate surface area is 201 Å². The number of hydrogen-bond donors (Lipinski definition) is 1. The molecular formula is C26H37N3O3S. The van der Waals surface area contributed by atoms with Crippen molar-refractivity contribution >= 4 is 23.2 Å². The third kappa shape index (κ3) is 6.22. The van der Waals surface area contributed by atoms with E-state index < -0.39 is 5.92 Å². The molecule has 1 aliphatic rings. The lowest BCUT2D eigenvalue weighted by Gasteiger charge is -2.41. The minimum atomic E-state index is -0.447. The van der Waals surface area contributed by atoms with Crippen molar-refractivity contribution in [2.45, 2.75) is 45.1 Å². The monoisotopic (exact) mass is 471 g/mol. The Morgan fingerprint density at radius 2 is 1.94 bits per heavy atom. The Bertz CT molecular complexity index is 887. The van der Waals surface area contributed by atoms with Crippen molar-refractivity contribution in [2.24, 2.45) is 0 Å². The van der Waals surface area contributed by atoms with Gasteiger partial charge in [-0.15, -0.1) is 11.3 Å². The van der Waals surface area contributed by atoms with E-state index in [0.717, 1.165) is 36.5 Å². The number of rotatable bonds is 13. The van der Waals surface area contributed by atoms with Crippen LogP contribution in [0.1, 0.15) is 65.9 Å². The molecule has 1 aromatic heterocycles. The number of methoxy groups -OCH3 is 1. The van der Waals surface area contributed by atoms with Crippen LogP contribution < -0.4 is 5.32 Å². The van der Waals surface area contributed by atoms with Gasteiger partial charge in [-0.2, -0.15) is 0 Å². The fourth-order valence-electron chi connectivity index (χ4n) is 4.52. The molecule has 7 heteroatoms. The van der Waals surface area contributed by atoms with Gasteiger partial charge in [-0.05, 0) is 55.6 Å². The smallest absolute Gasteiger partial charge is 0.254 e. The van der Waals surface area contributed by atoms with Gasteiger partial charge in [0.05, 0.1) is 18.6 Å². The van der Waals surface area contributed by atoms with E-state index >= 15 is 0 Å². The quantitative estimate of drug-likeness (QED) is 0.443. The van der Waals surface area contributed by atoms with E-state index in [1.54, 1.807) is 18.4 Å². The molecule has 0 aliphatic carbocycles. The van der Waals surface area contributed by atoms with Crippen molar-refractivity contribution in [3.05, 3.63) is 57.8 Å². The molecule has 2 unspecified atom stereocenters. The zero-order valence-electron chi connectivity index (χ0n) is 20.1. The highest BCUT2D eigenvalue weighted by Crippen LogP contribution is 2.44. The minimum absolute atomic E-state index is 0.0210. The normalized spacial score (nSPS) is 17.9. The summed E-state index contributed by atoms with van der Waals surface area (Å²) in [5, 5.41) is 5.18. The van der Waals surface area contributed by atoms with Gasteiger partial charge >= 0.3 is 0 Å². The molecule has 2 heterocycles. The van der Waals surface area contributed by atoms with Gasteiger partial charge in [0.15, 0.2) is 0 Å². The van der Waals surface area contributed by atoms with Crippen LogP contribution in [0.2, 0.25) is 0 Å². The second-order valence-electron chi connectivity index (χ2n) is 8.45. The summed E-state index contributed by atoms with van der Waals surface area (Å²) in [5.74, 6) is -0.510. The van der Waals surface area contributed by atoms with Crippen molar-refractivity contribution in [3.63, 3.8) is 0 Å². The molecule has 0 spiro atoms. The third-order valence-corrected chi connectivity index (χ3v) is 7.26. The molecule has 1 aliphatic heterocycles. The maximum absolute atomic E-state index is 13.6. The highest BCUT2D eigenvalue weighted by molar-refractivity contribution is 7.10. The molecule has 1 N–H and O–H groups in total. The summed E-state index contributed by atoms with van der Waals surface area (Å²) in [7, 11) is 1.63. The van der Waals surface area contributed by atoms with Crippen LogP contribution in [0, 0.1) is 0 Å². The van der Waals surface area contributed by atoms with E-state index in [4.69, 9.17) is 4.74 Å². The van der Waals surface area contributed by atoms with E-state index in [1.807, 2.05) is 46.7 Å². The highest BCUT2D eigenvalue weighted by atomic mass is 32.1. The van der Waals surface area contributed by atoms with E-state index in [-0.39, 0.29) is 17.9 Å². The van der Waals surface area contributed by atoms with Crippen LogP contribution in [-0.2, 0) is 9.53 Å². The first-order valence-electron chi connectivity index (χ1n) is 12.0. The fourth-order valence-corrected chi connectivity index (χ4v) is 5.39. The average molecular weight is 472 g/mol. The molecule has 6 nitrogen and oxygen atoms in total. The van der Waals surface area contributed by atoms with Crippen molar-refractivity contribution in [3.8, 4) is 0 Å². The van der Waals surface area contributed by atoms with Crippen LogP contribution in [-0.4, -0.2) is 68.1 Å². The Morgan fingerprint density at radius 1 is 1.15 bits per heavy atom. The molecule has 3 rings (SSSR count). The number of unbranched alkanes of at least 4 members (excludes halogenated alkanes) is 1. The summed E-state index contributed by atoms with van der Waals surface area (Å²) in [5.41, 5.74) is 1.42. The van der Waals surface area contributed by atoms with Gasteiger partial charge in [0.1, 0.15) is 0 Å². The minimum Gasteiger partial charge on any atom is -0.383 e. The van der Waals surface area contributed by atoms with Crippen LogP contribution in [0.3, 0.4) is 0 Å². The summed E-state index contributed by atoms with van der Waals surface area (Å²) in [6, 6.07) is 11.2. The molecule has 2 aromatic rings. The maximum atomic E-state index is 13.6. The van der Waals surface area contributed by atoms with Crippen molar-refractivity contribution in [1.82, 2.24) is 15.1 Å². The number of carbonyl (C=O) groups is 2. The zero-order valence-corrected chi connectivity index (χ0v) is 20.9. The van der Waals surface area contributed by atoms with E-state index in [1.165, 1.54) is 12.8 Å². The van der Waals surface area contributed by atoms with Gasteiger partial charge in [0.25, 0.3) is 5.91 Å². The molecule has 2 amide bonds. The van der Waals surface area contributed by atoms with Crippen LogP contribution >= 0.6 is 11.3 Å². The fraction of sp³-hybridized carbons (Fsp3) is 0.538. The summed E-state index contributed by atoms with van der Waals surface area (Å²) >= 11 is 1.59. The Kier molecular flexibility index (Phi) is 9.91. The molecule has 0 saturated carbocycles. The summed E-state index contributed by atoms with van der Waals surface area (Å²) in [6.45, 7) is 9.00. The topological polar surface area (TPSA) is 61.9 Å². The number of nitrogens with one attached hydrogen (secondary N) is 1. The largest absolute Gasteiger partial charge is 0.383 e. The summed E-state index contributed by atoms with van der Waals surface area (Å²) in [6.07, 6.45) is 3.30. The first-order valence-corrected chi connectivity index (χ1v) is 12.9. The predicted octanol–water partition coefficient (Wildman–Crippen LogP) is 4.30. The third-order valence-electron chi connectivity index (χ3n) is 6.32. The van der Waals surface area contributed by atoms with E-state index in [0.29, 0.717) is 25.3 Å². The van der Waals surface area contributed by atoms with Gasteiger partial charge in [-0.25, -0.2) is 0 Å². The predicted molar refractivity (Wildman–Crippen MR) is 134 cm³/mol. The second-order valence-corrected chi connectivity index (χ2v) is 9.43. The lowest BCUT2D eigenvalue weighted by Crippen LogP contribution is -2.48. The maximum Gasteiger partial charge on any atom is 0.254 e. The molecule has 0 saturated heterocycles. The zero-order chi connectivity index (χ0) is 23.6. The number of thiophene rings is 1. The molecule has 0 radical (unpaired) electrons. The SMILES string of the molecule is CCCCN(CC)CCCNC(=O)C1c2ccccc2C(=O)N(CCOC)C1c1cccs1. The van der Waals surface area contributed by atoms with Gasteiger partial charge in [0.2, 0.25) is 5.91 Å². The van der Waals surface area contributed by atoms with Crippen molar-refractivity contribution in [1.29, 1.82) is 0 Å². The molecular weight excluding hydrogens is 434 g/mol. The number of amides is 2. The Morgan fingerprint density at radius 3 is 2.64 bits per heavy atom. The molecule has 0 bridgehead atoms. The number of nitrogens with zero attached hydrogens (tertiary/aromatic N) is 2. The lowest BCUT2D eigenvalue weighted by atomic mass is 9.81. The van der Waals surface area contributed by atoms with Gasteiger partial charge in [-0.1, -0.05) is 44.5 Å². The number of fused-ring (bicyclic) bond motifs is 1. The van der Waals surface area contributed by atoms with Crippen LogP contribution in [0.4, 0.5) is 0 Å². The van der Waals surface area contributed by atoms with Gasteiger partial charge < -0.3 is 19.9 Å². The summed E-state index contributed by atoms with van der Waals surface area (Å²) < 4.78 is 5.29. The molecule has 0 fully saturated rings. The van der Waals surface area contributed by atoms with Crippen LogP contribution in [0.5, 0.6) is 0 Å².